The quantitative estimate of drug-likeness (QED) is 0.821. The summed E-state index contributed by atoms with van der Waals surface area (Å²) in [5.74, 6) is -0.0360. The number of nitrogens with one attached hydrogen (secondary N) is 2. The molecule has 2 rings (SSSR count). The monoisotopic (exact) mass is 284 g/mol. The zero-order valence-electron chi connectivity index (χ0n) is 12.1. The summed E-state index contributed by atoms with van der Waals surface area (Å²) < 4.78 is 5.14. The van der Waals surface area contributed by atoms with Crippen molar-refractivity contribution in [3.63, 3.8) is 0 Å². The average Bonchev–Trinajstić information content (AvgIpc) is 2.53. The van der Waals surface area contributed by atoms with Crippen LogP contribution in [0.25, 0.3) is 0 Å². The summed E-state index contributed by atoms with van der Waals surface area (Å²) in [6.45, 7) is 1.31. The van der Waals surface area contributed by atoms with Gasteiger partial charge in [0.15, 0.2) is 0 Å². The summed E-state index contributed by atoms with van der Waals surface area (Å²) >= 11 is 0. The summed E-state index contributed by atoms with van der Waals surface area (Å²) in [4.78, 5) is 11.9. The van der Waals surface area contributed by atoms with E-state index in [9.17, 15) is 4.79 Å². The second kappa shape index (κ2) is 8.07. The molecule has 4 heteroatoms. The average molecular weight is 284 g/mol. The van der Waals surface area contributed by atoms with E-state index >= 15 is 0 Å². The first-order chi connectivity index (χ1) is 10.3. The van der Waals surface area contributed by atoms with E-state index in [1.165, 1.54) is 0 Å². The SMILES string of the molecule is COCc1ccccc1NCC(=O)NCc1ccccc1. The third-order valence-corrected chi connectivity index (χ3v) is 3.09. The molecule has 0 aliphatic rings. The number of para-hydroxylation sites is 1. The van der Waals surface area contributed by atoms with Gasteiger partial charge in [0, 0.05) is 24.9 Å². The molecule has 1 amide bonds. The minimum absolute atomic E-state index is 0.0360. The van der Waals surface area contributed by atoms with Gasteiger partial charge in [-0.05, 0) is 11.6 Å². The molecule has 4 nitrogen and oxygen atoms in total. The van der Waals surface area contributed by atoms with Crippen LogP contribution >= 0.6 is 0 Å². The standard InChI is InChI=1S/C17H20N2O2/c1-21-13-15-9-5-6-10-16(15)18-12-17(20)19-11-14-7-3-2-4-8-14/h2-10,18H,11-13H2,1H3,(H,19,20). The smallest absolute Gasteiger partial charge is 0.239 e. The molecule has 0 aliphatic carbocycles. The first-order valence-corrected chi connectivity index (χ1v) is 6.91. The number of amides is 1. The van der Waals surface area contributed by atoms with Gasteiger partial charge in [-0.15, -0.1) is 0 Å². The number of benzene rings is 2. The Balaban J connectivity index is 1.81. The molecule has 2 aromatic carbocycles. The maximum absolute atomic E-state index is 11.9. The van der Waals surface area contributed by atoms with Gasteiger partial charge in [0.2, 0.25) is 5.91 Å². The van der Waals surface area contributed by atoms with E-state index in [4.69, 9.17) is 4.74 Å². The van der Waals surface area contributed by atoms with Crippen molar-refractivity contribution in [3.8, 4) is 0 Å². The molecule has 0 saturated heterocycles. The number of carbonyl (C=O) groups is 1. The van der Waals surface area contributed by atoms with E-state index in [1.807, 2.05) is 54.6 Å². The number of ether oxygens (including phenoxy) is 1. The Morgan fingerprint density at radius 1 is 1.05 bits per heavy atom. The first-order valence-electron chi connectivity index (χ1n) is 6.91. The van der Waals surface area contributed by atoms with Crippen molar-refractivity contribution in [2.24, 2.45) is 0 Å². The molecule has 0 saturated carbocycles. The highest BCUT2D eigenvalue weighted by Crippen LogP contribution is 2.15. The van der Waals surface area contributed by atoms with E-state index in [0.717, 1.165) is 16.8 Å². The van der Waals surface area contributed by atoms with Crippen molar-refractivity contribution in [2.45, 2.75) is 13.2 Å². The lowest BCUT2D eigenvalue weighted by molar-refractivity contribution is -0.119. The number of anilines is 1. The molecule has 2 aromatic rings. The number of carbonyl (C=O) groups excluding carboxylic acids is 1. The zero-order valence-corrected chi connectivity index (χ0v) is 12.1. The Labute approximate surface area is 125 Å². The largest absolute Gasteiger partial charge is 0.380 e. The summed E-state index contributed by atoms with van der Waals surface area (Å²) in [6.07, 6.45) is 0. The van der Waals surface area contributed by atoms with Crippen LogP contribution in [-0.2, 0) is 22.7 Å². The highest BCUT2D eigenvalue weighted by atomic mass is 16.5. The molecule has 0 aromatic heterocycles. The van der Waals surface area contributed by atoms with Gasteiger partial charge in [-0.3, -0.25) is 4.79 Å². The van der Waals surface area contributed by atoms with Gasteiger partial charge in [0.05, 0.1) is 13.2 Å². The van der Waals surface area contributed by atoms with E-state index < -0.39 is 0 Å². The van der Waals surface area contributed by atoms with Crippen molar-refractivity contribution in [1.82, 2.24) is 5.32 Å². The maximum Gasteiger partial charge on any atom is 0.239 e. The van der Waals surface area contributed by atoms with E-state index in [-0.39, 0.29) is 12.5 Å². The Kier molecular flexibility index (Phi) is 5.79. The Hall–Kier alpha value is -2.33. The van der Waals surface area contributed by atoms with Gasteiger partial charge in [0.1, 0.15) is 0 Å². The number of methoxy groups -OCH3 is 1. The lowest BCUT2D eigenvalue weighted by atomic mass is 10.2. The van der Waals surface area contributed by atoms with Crippen LogP contribution in [0, 0.1) is 0 Å². The van der Waals surface area contributed by atoms with Crippen LogP contribution in [0.5, 0.6) is 0 Å². The molecule has 0 atom stereocenters. The summed E-state index contributed by atoms with van der Waals surface area (Å²) in [7, 11) is 1.66. The molecule has 0 aliphatic heterocycles. The molecule has 110 valence electrons. The van der Waals surface area contributed by atoms with Gasteiger partial charge >= 0.3 is 0 Å². The molecule has 0 radical (unpaired) electrons. The predicted molar refractivity (Wildman–Crippen MR) is 83.9 cm³/mol. The molecule has 0 spiro atoms. The predicted octanol–water partition coefficient (Wildman–Crippen LogP) is 2.56. The molecule has 2 N–H and O–H groups in total. The lowest BCUT2D eigenvalue weighted by Gasteiger charge is -2.11. The van der Waals surface area contributed by atoms with Gasteiger partial charge in [-0.1, -0.05) is 48.5 Å². The number of hydrogen-bond acceptors (Lipinski definition) is 3. The maximum atomic E-state index is 11.9. The Morgan fingerprint density at radius 2 is 1.76 bits per heavy atom. The topological polar surface area (TPSA) is 50.4 Å². The van der Waals surface area contributed by atoms with E-state index in [1.54, 1.807) is 7.11 Å². The van der Waals surface area contributed by atoms with Crippen LogP contribution < -0.4 is 10.6 Å². The molecular weight excluding hydrogens is 264 g/mol. The second-order valence-corrected chi connectivity index (χ2v) is 4.71. The fourth-order valence-corrected chi connectivity index (χ4v) is 2.01. The Morgan fingerprint density at radius 3 is 2.52 bits per heavy atom. The third-order valence-electron chi connectivity index (χ3n) is 3.09. The highest BCUT2D eigenvalue weighted by molar-refractivity contribution is 5.80. The van der Waals surface area contributed by atoms with Gasteiger partial charge in [-0.25, -0.2) is 0 Å². The summed E-state index contributed by atoms with van der Waals surface area (Å²) in [6, 6.07) is 17.7. The van der Waals surface area contributed by atoms with Crippen LogP contribution in [0.4, 0.5) is 5.69 Å². The van der Waals surface area contributed by atoms with Crippen molar-refractivity contribution < 1.29 is 9.53 Å². The summed E-state index contributed by atoms with van der Waals surface area (Å²) in [5.41, 5.74) is 3.05. The molecule has 0 heterocycles. The molecular formula is C17H20N2O2. The minimum Gasteiger partial charge on any atom is -0.380 e. The van der Waals surface area contributed by atoms with E-state index in [2.05, 4.69) is 10.6 Å². The van der Waals surface area contributed by atoms with Gasteiger partial charge in [-0.2, -0.15) is 0 Å². The third kappa shape index (κ3) is 4.93. The van der Waals surface area contributed by atoms with Crippen molar-refractivity contribution in [2.75, 3.05) is 19.0 Å². The van der Waals surface area contributed by atoms with E-state index in [0.29, 0.717) is 13.2 Å². The number of rotatable bonds is 7. The molecule has 0 unspecified atom stereocenters. The normalized spacial score (nSPS) is 10.1. The number of hydrogen-bond donors (Lipinski definition) is 2. The highest BCUT2D eigenvalue weighted by Gasteiger charge is 2.04. The molecule has 21 heavy (non-hydrogen) atoms. The van der Waals surface area contributed by atoms with Crippen LogP contribution in [0.3, 0.4) is 0 Å². The van der Waals surface area contributed by atoms with Gasteiger partial charge in [0.25, 0.3) is 0 Å². The first kappa shape index (κ1) is 15.1. The van der Waals surface area contributed by atoms with Crippen molar-refractivity contribution in [3.05, 3.63) is 65.7 Å². The van der Waals surface area contributed by atoms with Crippen LogP contribution in [0.1, 0.15) is 11.1 Å². The van der Waals surface area contributed by atoms with Crippen LogP contribution in [0.2, 0.25) is 0 Å². The second-order valence-electron chi connectivity index (χ2n) is 4.71. The van der Waals surface area contributed by atoms with Crippen LogP contribution in [0.15, 0.2) is 54.6 Å². The minimum atomic E-state index is -0.0360. The van der Waals surface area contributed by atoms with Crippen molar-refractivity contribution >= 4 is 11.6 Å². The fraction of sp³-hybridized carbons (Fsp3) is 0.235. The summed E-state index contributed by atoms with van der Waals surface area (Å²) in [5, 5.41) is 6.03. The van der Waals surface area contributed by atoms with Crippen molar-refractivity contribution in [1.29, 1.82) is 0 Å². The Bertz CT molecular complexity index is 570. The van der Waals surface area contributed by atoms with Gasteiger partial charge < -0.3 is 15.4 Å². The van der Waals surface area contributed by atoms with Crippen LogP contribution in [-0.4, -0.2) is 19.6 Å². The fourth-order valence-electron chi connectivity index (χ4n) is 2.01. The zero-order chi connectivity index (χ0) is 14.9. The molecule has 0 bridgehead atoms. The lowest BCUT2D eigenvalue weighted by Crippen LogP contribution is -2.29. The molecule has 0 fully saturated rings.